The normalized spacial score (nSPS) is 17.0. The van der Waals surface area contributed by atoms with E-state index in [0.29, 0.717) is 0 Å². The number of aromatic nitrogens is 1. The molecule has 3 nitrogen and oxygen atoms in total. The molecule has 1 N–H and O–H groups in total. The molecule has 0 aliphatic carbocycles. The van der Waals surface area contributed by atoms with Gasteiger partial charge in [0.15, 0.2) is 0 Å². The zero-order valence-electron chi connectivity index (χ0n) is 14.3. The molecule has 2 aromatic carbocycles. The molecule has 0 saturated heterocycles. The number of hydrogen-bond donors (Lipinski definition) is 1. The number of rotatable bonds is 4. The third kappa shape index (κ3) is 2.49. The number of fused-ring (bicyclic) bond motifs is 3. The van der Waals surface area contributed by atoms with E-state index in [1.165, 1.54) is 33.3 Å². The highest BCUT2D eigenvalue weighted by Gasteiger charge is 2.25. The fourth-order valence-electron chi connectivity index (χ4n) is 3.78. The quantitative estimate of drug-likeness (QED) is 0.711. The van der Waals surface area contributed by atoms with Gasteiger partial charge in [-0.1, -0.05) is 37.6 Å². The zero-order valence-corrected chi connectivity index (χ0v) is 14.3. The average Bonchev–Trinajstić information content (AvgIpc) is 3.02. The SMILES string of the molecule is CCCC1OCCc2c1[nH]c1cccc(-c3cccc(OC)c3)c21. The van der Waals surface area contributed by atoms with Crippen molar-refractivity contribution in [3.05, 3.63) is 53.7 Å². The molecule has 1 aliphatic rings. The van der Waals surface area contributed by atoms with Gasteiger partial charge in [0.1, 0.15) is 5.75 Å². The van der Waals surface area contributed by atoms with Crippen LogP contribution < -0.4 is 4.74 Å². The molecule has 0 radical (unpaired) electrons. The summed E-state index contributed by atoms with van der Waals surface area (Å²) in [7, 11) is 1.71. The molecular formula is C21H23NO2. The fraction of sp³-hybridized carbons (Fsp3) is 0.333. The molecule has 24 heavy (non-hydrogen) atoms. The molecule has 0 saturated carbocycles. The zero-order chi connectivity index (χ0) is 16.5. The van der Waals surface area contributed by atoms with Gasteiger partial charge in [-0.2, -0.15) is 0 Å². The van der Waals surface area contributed by atoms with Crippen LogP contribution in [-0.2, 0) is 11.2 Å². The highest BCUT2D eigenvalue weighted by molar-refractivity contribution is 5.99. The minimum absolute atomic E-state index is 0.198. The summed E-state index contributed by atoms with van der Waals surface area (Å²) in [5.41, 5.74) is 6.36. The summed E-state index contributed by atoms with van der Waals surface area (Å²) in [6, 6.07) is 14.8. The molecule has 1 aliphatic heterocycles. The second-order valence-electron chi connectivity index (χ2n) is 6.38. The van der Waals surface area contributed by atoms with Crippen LogP contribution in [0.4, 0.5) is 0 Å². The smallest absolute Gasteiger partial charge is 0.119 e. The van der Waals surface area contributed by atoms with Gasteiger partial charge >= 0.3 is 0 Å². The lowest BCUT2D eigenvalue weighted by atomic mass is 9.94. The maximum absolute atomic E-state index is 6.01. The highest BCUT2D eigenvalue weighted by Crippen LogP contribution is 2.39. The van der Waals surface area contributed by atoms with Crippen LogP contribution in [0.3, 0.4) is 0 Å². The first-order chi connectivity index (χ1) is 11.8. The number of aromatic amines is 1. The largest absolute Gasteiger partial charge is 0.497 e. The van der Waals surface area contributed by atoms with E-state index in [1.807, 2.05) is 6.07 Å². The van der Waals surface area contributed by atoms with E-state index in [2.05, 4.69) is 48.3 Å². The number of benzene rings is 2. The van der Waals surface area contributed by atoms with E-state index in [9.17, 15) is 0 Å². The van der Waals surface area contributed by atoms with Crippen LogP contribution in [0.15, 0.2) is 42.5 Å². The Kier molecular flexibility index (Phi) is 4.03. The lowest BCUT2D eigenvalue weighted by molar-refractivity contribution is 0.0339. The summed E-state index contributed by atoms with van der Waals surface area (Å²) < 4.78 is 11.4. The Morgan fingerprint density at radius 1 is 1.21 bits per heavy atom. The van der Waals surface area contributed by atoms with E-state index in [0.717, 1.165) is 31.6 Å². The van der Waals surface area contributed by atoms with Gasteiger partial charge in [0, 0.05) is 16.6 Å². The third-order valence-corrected chi connectivity index (χ3v) is 4.89. The molecular weight excluding hydrogens is 298 g/mol. The third-order valence-electron chi connectivity index (χ3n) is 4.89. The van der Waals surface area contributed by atoms with E-state index in [1.54, 1.807) is 7.11 Å². The lowest BCUT2D eigenvalue weighted by Gasteiger charge is -2.23. The Morgan fingerprint density at radius 3 is 2.92 bits per heavy atom. The van der Waals surface area contributed by atoms with Gasteiger partial charge in [0.25, 0.3) is 0 Å². The number of ether oxygens (including phenoxy) is 2. The Balaban J connectivity index is 1.91. The molecule has 1 aromatic heterocycles. The molecule has 3 aromatic rings. The second kappa shape index (κ2) is 6.33. The Morgan fingerprint density at radius 2 is 2.08 bits per heavy atom. The molecule has 0 fully saturated rings. The van der Waals surface area contributed by atoms with Crippen LogP contribution in [0.5, 0.6) is 5.75 Å². The van der Waals surface area contributed by atoms with Gasteiger partial charge in [-0.25, -0.2) is 0 Å². The van der Waals surface area contributed by atoms with Gasteiger partial charge in [-0.3, -0.25) is 0 Å². The average molecular weight is 321 g/mol. The van der Waals surface area contributed by atoms with Gasteiger partial charge < -0.3 is 14.5 Å². The Hall–Kier alpha value is -2.26. The van der Waals surface area contributed by atoms with Crippen molar-refractivity contribution in [2.45, 2.75) is 32.3 Å². The van der Waals surface area contributed by atoms with Crippen molar-refractivity contribution in [2.24, 2.45) is 0 Å². The molecule has 4 rings (SSSR count). The van der Waals surface area contributed by atoms with Gasteiger partial charge in [-0.15, -0.1) is 0 Å². The maximum Gasteiger partial charge on any atom is 0.119 e. The molecule has 3 heteroatoms. The van der Waals surface area contributed by atoms with Gasteiger partial charge in [-0.05, 0) is 47.7 Å². The van der Waals surface area contributed by atoms with Crippen molar-refractivity contribution in [3.8, 4) is 16.9 Å². The van der Waals surface area contributed by atoms with Crippen LogP contribution in [0.2, 0.25) is 0 Å². The molecule has 124 valence electrons. The van der Waals surface area contributed by atoms with Crippen molar-refractivity contribution in [2.75, 3.05) is 13.7 Å². The van der Waals surface area contributed by atoms with Crippen LogP contribution >= 0.6 is 0 Å². The summed E-state index contributed by atoms with van der Waals surface area (Å²) in [6.07, 6.45) is 3.36. The maximum atomic E-state index is 6.01. The number of H-pyrrole nitrogens is 1. The molecule has 1 unspecified atom stereocenters. The van der Waals surface area contributed by atoms with E-state index in [-0.39, 0.29) is 6.10 Å². The highest BCUT2D eigenvalue weighted by atomic mass is 16.5. The summed E-state index contributed by atoms with van der Waals surface area (Å²) >= 11 is 0. The topological polar surface area (TPSA) is 34.2 Å². The first kappa shape index (κ1) is 15.3. The van der Waals surface area contributed by atoms with Crippen molar-refractivity contribution in [1.29, 1.82) is 0 Å². The Bertz CT molecular complexity index is 865. The minimum atomic E-state index is 0.198. The standard InChI is InChI=1S/C21H23NO2/c1-3-6-19-21-17(11-12-24-19)20-16(9-5-10-18(20)22-21)14-7-4-8-15(13-14)23-2/h4-5,7-10,13,19,22H,3,6,11-12H2,1-2H3. The van der Waals surface area contributed by atoms with E-state index in [4.69, 9.17) is 9.47 Å². The van der Waals surface area contributed by atoms with Crippen LogP contribution in [-0.4, -0.2) is 18.7 Å². The van der Waals surface area contributed by atoms with Crippen molar-refractivity contribution >= 4 is 10.9 Å². The van der Waals surface area contributed by atoms with E-state index < -0.39 is 0 Å². The van der Waals surface area contributed by atoms with Crippen LogP contribution in [0.25, 0.3) is 22.0 Å². The molecule has 1 atom stereocenters. The van der Waals surface area contributed by atoms with Gasteiger partial charge in [0.05, 0.1) is 19.8 Å². The van der Waals surface area contributed by atoms with Gasteiger partial charge in [0.2, 0.25) is 0 Å². The number of methoxy groups -OCH3 is 1. The summed E-state index contributed by atoms with van der Waals surface area (Å²) in [4.78, 5) is 3.63. The minimum Gasteiger partial charge on any atom is -0.497 e. The number of hydrogen-bond acceptors (Lipinski definition) is 2. The van der Waals surface area contributed by atoms with Crippen molar-refractivity contribution < 1.29 is 9.47 Å². The number of nitrogens with one attached hydrogen (secondary N) is 1. The predicted octanol–water partition coefficient (Wildman–Crippen LogP) is 5.26. The molecule has 0 spiro atoms. The summed E-state index contributed by atoms with van der Waals surface area (Å²) in [6.45, 7) is 3.01. The first-order valence-electron chi connectivity index (χ1n) is 8.71. The first-order valence-corrected chi connectivity index (χ1v) is 8.71. The van der Waals surface area contributed by atoms with Crippen LogP contribution in [0, 0.1) is 0 Å². The molecule has 0 amide bonds. The second-order valence-corrected chi connectivity index (χ2v) is 6.38. The summed E-state index contributed by atoms with van der Waals surface area (Å²) in [5.74, 6) is 0.890. The molecule has 2 heterocycles. The predicted molar refractivity (Wildman–Crippen MR) is 97.6 cm³/mol. The molecule has 0 bridgehead atoms. The Labute approximate surface area is 142 Å². The lowest BCUT2D eigenvalue weighted by Crippen LogP contribution is -2.15. The van der Waals surface area contributed by atoms with Crippen molar-refractivity contribution in [1.82, 2.24) is 4.98 Å². The summed E-state index contributed by atoms with van der Waals surface area (Å²) in [5, 5.41) is 1.34. The fourth-order valence-corrected chi connectivity index (χ4v) is 3.78. The van der Waals surface area contributed by atoms with Crippen LogP contribution in [0.1, 0.15) is 37.1 Å². The van der Waals surface area contributed by atoms with Crippen molar-refractivity contribution in [3.63, 3.8) is 0 Å². The monoisotopic (exact) mass is 321 g/mol. The van der Waals surface area contributed by atoms with E-state index >= 15 is 0 Å².